The third-order valence-electron chi connectivity index (χ3n) is 1.70. The smallest absolute Gasteiger partial charge is 0.328 e. The number of nitrogens with zero attached hydrogens (tertiary/aromatic N) is 2. The average Bonchev–Trinajstić information content (AvgIpc) is 2.29. The van der Waals surface area contributed by atoms with E-state index in [0.29, 0.717) is 0 Å². The fourth-order valence-electron chi connectivity index (χ4n) is 0.923. The Balaban J connectivity index is 2.61. The highest BCUT2D eigenvalue weighted by molar-refractivity contribution is 5.94. The van der Waals surface area contributed by atoms with Gasteiger partial charge < -0.3 is 10.1 Å². The summed E-state index contributed by atoms with van der Waals surface area (Å²) >= 11 is 0. The number of hydrogen-bond acceptors (Lipinski definition) is 5. The number of amides is 1. The van der Waals surface area contributed by atoms with Crippen LogP contribution in [0, 0.1) is 0 Å². The number of hydrogen-bond donors (Lipinski definition) is 1. The van der Waals surface area contributed by atoms with Crippen molar-refractivity contribution in [2.24, 2.45) is 0 Å². The minimum Gasteiger partial charge on any atom is -0.467 e. The molecular weight excluding hydrogens is 198 g/mol. The fourth-order valence-corrected chi connectivity index (χ4v) is 0.923. The Hall–Kier alpha value is -1.98. The Morgan fingerprint density at radius 1 is 1.47 bits per heavy atom. The molecule has 0 saturated carbocycles. The van der Waals surface area contributed by atoms with Crippen molar-refractivity contribution in [3.63, 3.8) is 0 Å². The lowest BCUT2D eigenvalue weighted by Crippen LogP contribution is -2.39. The van der Waals surface area contributed by atoms with E-state index in [4.69, 9.17) is 0 Å². The van der Waals surface area contributed by atoms with Gasteiger partial charge in [0.15, 0.2) is 0 Å². The second-order valence-electron chi connectivity index (χ2n) is 2.81. The van der Waals surface area contributed by atoms with Crippen molar-refractivity contribution in [2.45, 2.75) is 13.0 Å². The summed E-state index contributed by atoms with van der Waals surface area (Å²) in [5.41, 5.74) is 0.160. The van der Waals surface area contributed by atoms with Crippen LogP contribution in [0.15, 0.2) is 18.6 Å². The third-order valence-corrected chi connectivity index (χ3v) is 1.70. The molecule has 1 amide bonds. The molecule has 15 heavy (non-hydrogen) atoms. The number of methoxy groups -OCH3 is 1. The monoisotopic (exact) mass is 209 g/mol. The van der Waals surface area contributed by atoms with Crippen molar-refractivity contribution in [3.8, 4) is 0 Å². The van der Waals surface area contributed by atoms with Crippen LogP contribution in [0.4, 0.5) is 0 Å². The van der Waals surface area contributed by atoms with Gasteiger partial charge in [-0.25, -0.2) is 9.78 Å². The zero-order chi connectivity index (χ0) is 11.3. The lowest BCUT2D eigenvalue weighted by Gasteiger charge is -2.10. The van der Waals surface area contributed by atoms with Gasteiger partial charge in [0.25, 0.3) is 5.91 Å². The Labute approximate surface area is 86.7 Å². The summed E-state index contributed by atoms with van der Waals surface area (Å²) in [6.07, 6.45) is 4.18. The molecule has 0 radical (unpaired) electrons. The van der Waals surface area contributed by atoms with Crippen LogP contribution in [-0.2, 0) is 9.53 Å². The van der Waals surface area contributed by atoms with Crippen LogP contribution in [0.2, 0.25) is 0 Å². The molecule has 1 atom stereocenters. The third kappa shape index (κ3) is 3.01. The number of carbonyl (C=O) groups excluding carboxylic acids is 2. The Bertz CT molecular complexity index is 353. The van der Waals surface area contributed by atoms with E-state index in [0.717, 1.165) is 0 Å². The number of nitrogens with one attached hydrogen (secondary N) is 1. The van der Waals surface area contributed by atoms with Gasteiger partial charge in [-0.1, -0.05) is 0 Å². The van der Waals surface area contributed by atoms with Crippen molar-refractivity contribution < 1.29 is 14.3 Å². The molecule has 6 heteroatoms. The average molecular weight is 209 g/mol. The minimum atomic E-state index is -0.704. The van der Waals surface area contributed by atoms with Crippen LogP contribution in [0.25, 0.3) is 0 Å². The van der Waals surface area contributed by atoms with Gasteiger partial charge in [-0.3, -0.25) is 9.78 Å². The summed E-state index contributed by atoms with van der Waals surface area (Å²) in [5, 5.41) is 2.43. The van der Waals surface area contributed by atoms with Crippen LogP contribution in [0.1, 0.15) is 17.4 Å². The summed E-state index contributed by atoms with van der Waals surface area (Å²) in [6.45, 7) is 1.53. The minimum absolute atomic E-state index is 0.160. The summed E-state index contributed by atoms with van der Waals surface area (Å²) in [5.74, 6) is -0.965. The van der Waals surface area contributed by atoms with Gasteiger partial charge in [-0.15, -0.1) is 0 Å². The second kappa shape index (κ2) is 5.04. The first-order valence-electron chi connectivity index (χ1n) is 4.30. The molecule has 0 aliphatic carbocycles. The Kier molecular flexibility index (Phi) is 3.73. The van der Waals surface area contributed by atoms with Gasteiger partial charge in [-0.05, 0) is 6.92 Å². The molecule has 0 bridgehead atoms. The Morgan fingerprint density at radius 2 is 2.20 bits per heavy atom. The predicted octanol–water partition coefficient (Wildman–Crippen LogP) is -0.232. The number of aromatic nitrogens is 2. The largest absolute Gasteiger partial charge is 0.467 e. The number of rotatable bonds is 3. The molecule has 1 aromatic heterocycles. The first-order chi connectivity index (χ1) is 7.15. The summed E-state index contributed by atoms with van der Waals surface area (Å²) in [7, 11) is 1.26. The van der Waals surface area contributed by atoms with E-state index < -0.39 is 17.9 Å². The lowest BCUT2D eigenvalue weighted by atomic mass is 10.3. The standard InChI is InChI=1S/C9H11N3O3/c1-6(9(14)15-2)12-8(13)7-5-10-3-4-11-7/h3-6H,1-2H3,(H,12,13). The van der Waals surface area contributed by atoms with Crippen molar-refractivity contribution in [1.82, 2.24) is 15.3 Å². The predicted molar refractivity (Wildman–Crippen MR) is 51.0 cm³/mol. The van der Waals surface area contributed by atoms with Crippen LogP contribution in [-0.4, -0.2) is 35.0 Å². The topological polar surface area (TPSA) is 81.2 Å². The molecular formula is C9H11N3O3. The highest BCUT2D eigenvalue weighted by Gasteiger charge is 2.17. The van der Waals surface area contributed by atoms with Crippen LogP contribution < -0.4 is 5.32 Å². The highest BCUT2D eigenvalue weighted by Crippen LogP contribution is 1.93. The molecule has 1 rings (SSSR count). The molecule has 0 aliphatic rings. The maximum absolute atomic E-state index is 11.5. The zero-order valence-corrected chi connectivity index (χ0v) is 8.43. The normalized spacial score (nSPS) is 11.6. The number of carbonyl (C=O) groups is 2. The molecule has 0 fully saturated rings. The quantitative estimate of drug-likeness (QED) is 0.695. The van der Waals surface area contributed by atoms with E-state index >= 15 is 0 Å². The maximum Gasteiger partial charge on any atom is 0.328 e. The molecule has 0 aromatic carbocycles. The summed E-state index contributed by atoms with van der Waals surface area (Å²) in [6, 6.07) is -0.704. The van der Waals surface area contributed by atoms with Crippen LogP contribution in [0.5, 0.6) is 0 Å². The van der Waals surface area contributed by atoms with Crippen LogP contribution >= 0.6 is 0 Å². The van der Waals surface area contributed by atoms with Gasteiger partial charge in [0, 0.05) is 12.4 Å². The molecule has 0 saturated heterocycles. The molecule has 0 aliphatic heterocycles. The summed E-state index contributed by atoms with van der Waals surface area (Å²) in [4.78, 5) is 30.0. The lowest BCUT2D eigenvalue weighted by molar-refractivity contribution is -0.142. The second-order valence-corrected chi connectivity index (χ2v) is 2.81. The summed E-state index contributed by atoms with van der Waals surface area (Å²) < 4.78 is 4.46. The molecule has 6 nitrogen and oxygen atoms in total. The van der Waals surface area contributed by atoms with Crippen molar-refractivity contribution in [3.05, 3.63) is 24.3 Å². The fraction of sp³-hybridized carbons (Fsp3) is 0.333. The van der Waals surface area contributed by atoms with Crippen molar-refractivity contribution in [2.75, 3.05) is 7.11 Å². The van der Waals surface area contributed by atoms with Gasteiger partial charge in [-0.2, -0.15) is 0 Å². The van der Waals surface area contributed by atoms with E-state index in [1.54, 1.807) is 0 Å². The molecule has 0 spiro atoms. The molecule has 1 N–H and O–H groups in total. The van der Waals surface area contributed by atoms with E-state index in [2.05, 4.69) is 20.0 Å². The first-order valence-corrected chi connectivity index (χ1v) is 4.30. The van der Waals surface area contributed by atoms with Gasteiger partial charge >= 0.3 is 5.97 Å². The van der Waals surface area contributed by atoms with Gasteiger partial charge in [0.1, 0.15) is 11.7 Å². The van der Waals surface area contributed by atoms with E-state index in [1.807, 2.05) is 0 Å². The van der Waals surface area contributed by atoms with Crippen LogP contribution in [0.3, 0.4) is 0 Å². The van der Waals surface area contributed by atoms with Crippen molar-refractivity contribution >= 4 is 11.9 Å². The molecule has 1 heterocycles. The van der Waals surface area contributed by atoms with Gasteiger partial charge in [0.05, 0.1) is 13.3 Å². The molecule has 1 unspecified atom stereocenters. The number of ether oxygens (including phenoxy) is 1. The zero-order valence-electron chi connectivity index (χ0n) is 8.43. The van der Waals surface area contributed by atoms with E-state index in [1.165, 1.54) is 32.6 Å². The van der Waals surface area contributed by atoms with E-state index in [-0.39, 0.29) is 5.69 Å². The maximum atomic E-state index is 11.5. The van der Waals surface area contributed by atoms with Gasteiger partial charge in [0.2, 0.25) is 0 Å². The number of esters is 1. The SMILES string of the molecule is COC(=O)C(C)NC(=O)c1cnccn1. The Morgan fingerprint density at radius 3 is 2.73 bits per heavy atom. The van der Waals surface area contributed by atoms with E-state index in [9.17, 15) is 9.59 Å². The van der Waals surface area contributed by atoms with Crippen molar-refractivity contribution in [1.29, 1.82) is 0 Å². The molecule has 80 valence electrons. The highest BCUT2D eigenvalue weighted by atomic mass is 16.5. The molecule has 1 aromatic rings. The first kappa shape index (κ1) is 11.1.